The third kappa shape index (κ3) is 4.68. The van der Waals surface area contributed by atoms with Gasteiger partial charge in [0.25, 0.3) is 5.91 Å². The van der Waals surface area contributed by atoms with Crippen LogP contribution in [0.5, 0.6) is 0 Å². The summed E-state index contributed by atoms with van der Waals surface area (Å²) >= 11 is 12.0. The second-order valence-corrected chi connectivity index (χ2v) is 7.88. The Morgan fingerprint density at radius 1 is 1.00 bits per heavy atom. The van der Waals surface area contributed by atoms with Gasteiger partial charge in [0.2, 0.25) is 5.91 Å². The van der Waals surface area contributed by atoms with Gasteiger partial charge in [-0.1, -0.05) is 42.5 Å². The lowest BCUT2D eigenvalue weighted by atomic mass is 9.88. The molecular formula is C19H24Cl2N2O2. The molecular weight excluding hydrogens is 359 g/mol. The van der Waals surface area contributed by atoms with E-state index in [-0.39, 0.29) is 23.8 Å². The summed E-state index contributed by atoms with van der Waals surface area (Å²) in [6.45, 7) is 1.26. The molecule has 1 aliphatic carbocycles. The van der Waals surface area contributed by atoms with Gasteiger partial charge in [-0.15, -0.1) is 0 Å². The normalized spacial score (nSPS) is 19.7. The minimum absolute atomic E-state index is 0.0706. The summed E-state index contributed by atoms with van der Waals surface area (Å²) in [5.74, 6) is 0.310. The molecule has 3 rings (SSSR count). The zero-order valence-electron chi connectivity index (χ0n) is 14.3. The van der Waals surface area contributed by atoms with Crippen LogP contribution in [0.2, 0.25) is 10.0 Å². The molecule has 4 nitrogen and oxygen atoms in total. The molecule has 1 aromatic rings. The second kappa shape index (κ2) is 8.41. The first-order chi connectivity index (χ1) is 12.0. The quantitative estimate of drug-likeness (QED) is 0.846. The van der Waals surface area contributed by atoms with E-state index < -0.39 is 0 Å². The lowest BCUT2D eigenvalue weighted by Gasteiger charge is -2.33. The van der Waals surface area contributed by atoms with E-state index in [2.05, 4.69) is 5.32 Å². The molecule has 2 amide bonds. The van der Waals surface area contributed by atoms with Crippen LogP contribution in [0.1, 0.15) is 55.3 Å². The molecule has 1 N–H and O–H groups in total. The fraction of sp³-hybridized carbons (Fsp3) is 0.579. The van der Waals surface area contributed by atoms with Crippen molar-refractivity contribution in [1.82, 2.24) is 10.2 Å². The summed E-state index contributed by atoms with van der Waals surface area (Å²) in [5.41, 5.74) is 0.482. The summed E-state index contributed by atoms with van der Waals surface area (Å²) in [4.78, 5) is 26.8. The molecule has 1 saturated carbocycles. The summed E-state index contributed by atoms with van der Waals surface area (Å²) in [7, 11) is 0. The van der Waals surface area contributed by atoms with Gasteiger partial charge in [0.15, 0.2) is 0 Å². The minimum atomic E-state index is -0.0706. The average molecular weight is 383 g/mol. The number of nitrogens with one attached hydrogen (secondary N) is 1. The van der Waals surface area contributed by atoms with E-state index in [1.165, 1.54) is 6.42 Å². The van der Waals surface area contributed by atoms with E-state index in [4.69, 9.17) is 23.2 Å². The Morgan fingerprint density at radius 3 is 2.32 bits per heavy atom. The SMILES string of the molecule is O=C(NC1CCN(C(=O)c2ccc(Cl)cc2Cl)CC1)C1CCCCC1. The molecule has 0 bridgehead atoms. The van der Waals surface area contributed by atoms with Gasteiger partial charge < -0.3 is 10.2 Å². The first-order valence-electron chi connectivity index (χ1n) is 9.09. The monoisotopic (exact) mass is 382 g/mol. The first-order valence-corrected chi connectivity index (χ1v) is 9.85. The van der Waals surface area contributed by atoms with Crippen molar-refractivity contribution in [2.24, 2.45) is 5.92 Å². The van der Waals surface area contributed by atoms with E-state index in [0.717, 1.165) is 38.5 Å². The number of nitrogens with zero attached hydrogens (tertiary/aromatic N) is 1. The molecule has 0 aromatic heterocycles. The van der Waals surface area contributed by atoms with E-state index in [1.54, 1.807) is 23.1 Å². The smallest absolute Gasteiger partial charge is 0.255 e. The van der Waals surface area contributed by atoms with Gasteiger partial charge in [-0.3, -0.25) is 9.59 Å². The van der Waals surface area contributed by atoms with Crippen LogP contribution >= 0.6 is 23.2 Å². The highest BCUT2D eigenvalue weighted by Crippen LogP contribution is 2.25. The van der Waals surface area contributed by atoms with Crippen molar-refractivity contribution in [2.45, 2.75) is 51.0 Å². The van der Waals surface area contributed by atoms with Crippen molar-refractivity contribution in [3.05, 3.63) is 33.8 Å². The molecule has 136 valence electrons. The van der Waals surface area contributed by atoms with Gasteiger partial charge in [0.1, 0.15) is 0 Å². The number of rotatable bonds is 3. The van der Waals surface area contributed by atoms with Crippen molar-refractivity contribution < 1.29 is 9.59 Å². The summed E-state index contributed by atoms with van der Waals surface area (Å²) in [6, 6.07) is 5.11. The van der Waals surface area contributed by atoms with Crippen molar-refractivity contribution >= 4 is 35.0 Å². The molecule has 1 aromatic carbocycles. The van der Waals surface area contributed by atoms with Gasteiger partial charge in [-0.2, -0.15) is 0 Å². The molecule has 0 atom stereocenters. The summed E-state index contributed by atoms with van der Waals surface area (Å²) in [5, 5.41) is 4.09. The van der Waals surface area contributed by atoms with Crippen LogP contribution in [0.4, 0.5) is 0 Å². The second-order valence-electron chi connectivity index (χ2n) is 7.03. The van der Waals surface area contributed by atoms with Gasteiger partial charge >= 0.3 is 0 Å². The lowest BCUT2D eigenvalue weighted by Crippen LogP contribution is -2.48. The first kappa shape index (κ1) is 18.5. The Morgan fingerprint density at radius 2 is 1.68 bits per heavy atom. The lowest BCUT2D eigenvalue weighted by molar-refractivity contribution is -0.126. The average Bonchev–Trinajstić information content (AvgIpc) is 2.62. The van der Waals surface area contributed by atoms with Crippen molar-refractivity contribution in [1.29, 1.82) is 0 Å². The maximum Gasteiger partial charge on any atom is 0.255 e. The number of hydrogen-bond donors (Lipinski definition) is 1. The Labute approximate surface area is 158 Å². The fourth-order valence-electron chi connectivity index (χ4n) is 3.74. The zero-order chi connectivity index (χ0) is 17.8. The molecule has 25 heavy (non-hydrogen) atoms. The Bertz CT molecular complexity index is 636. The highest BCUT2D eigenvalue weighted by molar-refractivity contribution is 6.36. The predicted molar refractivity (Wildman–Crippen MR) is 100 cm³/mol. The van der Waals surface area contributed by atoms with Crippen LogP contribution in [0, 0.1) is 5.92 Å². The molecule has 2 aliphatic rings. The third-order valence-electron chi connectivity index (χ3n) is 5.27. The van der Waals surface area contributed by atoms with Gasteiger partial charge in [-0.25, -0.2) is 0 Å². The summed E-state index contributed by atoms with van der Waals surface area (Å²) < 4.78 is 0. The number of piperidine rings is 1. The standard InChI is InChI=1S/C19H24Cl2N2O2/c20-14-6-7-16(17(21)12-14)19(25)23-10-8-15(9-11-23)22-18(24)13-4-2-1-3-5-13/h6-7,12-13,15H,1-5,8-11H2,(H,22,24). The molecule has 6 heteroatoms. The number of halogens is 2. The largest absolute Gasteiger partial charge is 0.353 e. The Hall–Kier alpha value is -1.26. The van der Waals surface area contributed by atoms with Crippen LogP contribution in [-0.4, -0.2) is 35.8 Å². The van der Waals surface area contributed by atoms with E-state index in [9.17, 15) is 9.59 Å². The Balaban J connectivity index is 1.51. The number of hydrogen-bond acceptors (Lipinski definition) is 2. The molecule has 0 unspecified atom stereocenters. The van der Waals surface area contributed by atoms with Gasteiger partial charge in [-0.05, 0) is 43.9 Å². The van der Waals surface area contributed by atoms with Gasteiger partial charge in [0.05, 0.1) is 10.6 Å². The highest BCUT2D eigenvalue weighted by atomic mass is 35.5. The van der Waals surface area contributed by atoms with Gasteiger partial charge in [0, 0.05) is 30.1 Å². The molecule has 0 spiro atoms. The number of likely N-dealkylation sites (tertiary alicyclic amines) is 1. The van der Waals surface area contributed by atoms with E-state index in [0.29, 0.717) is 28.7 Å². The Kier molecular flexibility index (Phi) is 6.24. The number of carbonyl (C=O) groups is 2. The minimum Gasteiger partial charge on any atom is -0.353 e. The molecule has 1 aliphatic heterocycles. The van der Waals surface area contributed by atoms with Crippen LogP contribution in [0.15, 0.2) is 18.2 Å². The highest BCUT2D eigenvalue weighted by Gasteiger charge is 2.28. The van der Waals surface area contributed by atoms with E-state index in [1.807, 2.05) is 0 Å². The molecule has 1 saturated heterocycles. The maximum absolute atomic E-state index is 12.6. The fourth-order valence-corrected chi connectivity index (χ4v) is 4.23. The number of benzene rings is 1. The zero-order valence-corrected chi connectivity index (χ0v) is 15.8. The number of amides is 2. The topological polar surface area (TPSA) is 49.4 Å². The maximum atomic E-state index is 12.6. The molecule has 1 heterocycles. The van der Waals surface area contributed by atoms with Crippen LogP contribution in [0.25, 0.3) is 0 Å². The van der Waals surface area contributed by atoms with Crippen molar-refractivity contribution in [2.75, 3.05) is 13.1 Å². The molecule has 0 radical (unpaired) electrons. The predicted octanol–water partition coefficient (Wildman–Crippen LogP) is 4.29. The summed E-state index contributed by atoms with van der Waals surface area (Å²) in [6.07, 6.45) is 7.17. The van der Waals surface area contributed by atoms with Crippen LogP contribution in [-0.2, 0) is 4.79 Å². The number of carbonyl (C=O) groups excluding carboxylic acids is 2. The third-order valence-corrected chi connectivity index (χ3v) is 5.81. The van der Waals surface area contributed by atoms with Crippen LogP contribution < -0.4 is 5.32 Å². The van der Waals surface area contributed by atoms with E-state index >= 15 is 0 Å². The van der Waals surface area contributed by atoms with Crippen LogP contribution in [0.3, 0.4) is 0 Å². The molecule has 2 fully saturated rings. The van der Waals surface area contributed by atoms with Crippen molar-refractivity contribution in [3.8, 4) is 0 Å². The van der Waals surface area contributed by atoms with Crippen molar-refractivity contribution in [3.63, 3.8) is 0 Å².